The molecule has 1 aromatic carbocycles. The van der Waals surface area contributed by atoms with E-state index in [1.165, 1.54) is 0 Å². The van der Waals surface area contributed by atoms with Crippen molar-refractivity contribution in [2.24, 2.45) is 0 Å². The van der Waals surface area contributed by atoms with Crippen molar-refractivity contribution in [2.45, 2.75) is 13.2 Å². The maximum Gasteiger partial charge on any atom is 0.143 e. The second kappa shape index (κ2) is 6.95. The first-order valence-electron chi connectivity index (χ1n) is 5.59. The first kappa shape index (κ1) is 15.1. The Kier molecular flexibility index (Phi) is 5.54. The molecule has 2 nitrogen and oxygen atoms in total. The van der Waals surface area contributed by atoms with Gasteiger partial charge in [-0.1, -0.05) is 23.2 Å². The van der Waals surface area contributed by atoms with E-state index in [1.54, 1.807) is 17.4 Å². The number of rotatable bonds is 5. The van der Waals surface area contributed by atoms with Gasteiger partial charge in [0.15, 0.2) is 0 Å². The average molecular weight is 381 g/mol. The van der Waals surface area contributed by atoms with Gasteiger partial charge in [0.25, 0.3) is 0 Å². The van der Waals surface area contributed by atoms with Gasteiger partial charge in [0.1, 0.15) is 12.4 Å². The summed E-state index contributed by atoms with van der Waals surface area (Å²) in [5.74, 6) is 0.685. The standard InChI is InChI=1S/C13H12BrCl2NOS/c1-17-6-8-4-9(15)5-11(16)13(8)18-7-10-2-3-12(14)19-10/h2-5,17H,6-7H2,1H3. The SMILES string of the molecule is CNCc1cc(Cl)cc(Cl)c1OCc1ccc(Br)s1. The fourth-order valence-corrected chi connectivity index (χ4v) is 3.66. The highest BCUT2D eigenvalue weighted by molar-refractivity contribution is 9.11. The molecule has 2 aromatic rings. The monoisotopic (exact) mass is 379 g/mol. The lowest BCUT2D eigenvalue weighted by Crippen LogP contribution is -2.08. The molecule has 0 atom stereocenters. The zero-order valence-corrected chi connectivity index (χ0v) is 14.1. The minimum absolute atomic E-state index is 0.494. The van der Waals surface area contributed by atoms with E-state index in [2.05, 4.69) is 21.2 Å². The van der Waals surface area contributed by atoms with Crippen LogP contribution in [0, 0.1) is 0 Å². The fraction of sp³-hybridized carbons (Fsp3) is 0.231. The van der Waals surface area contributed by atoms with Crippen LogP contribution in [-0.4, -0.2) is 7.05 Å². The second-order valence-corrected chi connectivity index (χ2v) is 7.29. The number of halogens is 3. The lowest BCUT2D eigenvalue weighted by atomic mass is 10.2. The van der Waals surface area contributed by atoms with Gasteiger partial charge >= 0.3 is 0 Å². The first-order valence-corrected chi connectivity index (χ1v) is 7.96. The van der Waals surface area contributed by atoms with Crippen LogP contribution in [0.15, 0.2) is 28.1 Å². The van der Waals surface area contributed by atoms with E-state index in [9.17, 15) is 0 Å². The molecule has 2 rings (SSSR count). The molecule has 0 amide bonds. The van der Waals surface area contributed by atoms with Gasteiger partial charge in [-0.05, 0) is 47.2 Å². The molecule has 0 bridgehead atoms. The molecule has 0 radical (unpaired) electrons. The minimum atomic E-state index is 0.494. The predicted octanol–water partition coefficient (Wildman–Crippen LogP) is 5.12. The van der Waals surface area contributed by atoms with Crippen molar-refractivity contribution in [3.63, 3.8) is 0 Å². The number of nitrogens with one attached hydrogen (secondary N) is 1. The molecule has 0 spiro atoms. The quantitative estimate of drug-likeness (QED) is 0.777. The van der Waals surface area contributed by atoms with Crippen LogP contribution in [0.25, 0.3) is 0 Å². The zero-order valence-electron chi connectivity index (χ0n) is 10.2. The van der Waals surface area contributed by atoms with E-state index in [4.69, 9.17) is 27.9 Å². The fourth-order valence-electron chi connectivity index (χ4n) is 1.67. The van der Waals surface area contributed by atoms with Crippen LogP contribution in [0.3, 0.4) is 0 Å². The Morgan fingerprint density at radius 2 is 2.11 bits per heavy atom. The highest BCUT2D eigenvalue weighted by Gasteiger charge is 2.11. The lowest BCUT2D eigenvalue weighted by Gasteiger charge is -2.13. The normalized spacial score (nSPS) is 10.7. The summed E-state index contributed by atoms with van der Waals surface area (Å²) in [5, 5.41) is 4.23. The summed E-state index contributed by atoms with van der Waals surface area (Å²) in [6.45, 7) is 1.15. The summed E-state index contributed by atoms with van der Waals surface area (Å²) in [5.41, 5.74) is 0.954. The van der Waals surface area contributed by atoms with Gasteiger partial charge in [0.2, 0.25) is 0 Å². The predicted molar refractivity (Wildman–Crippen MR) is 85.6 cm³/mol. The van der Waals surface area contributed by atoms with Crippen LogP contribution >= 0.6 is 50.5 Å². The molecule has 1 N–H and O–H groups in total. The smallest absolute Gasteiger partial charge is 0.143 e. The van der Waals surface area contributed by atoms with E-state index < -0.39 is 0 Å². The molecule has 0 saturated carbocycles. The van der Waals surface area contributed by atoms with Crippen LogP contribution < -0.4 is 10.1 Å². The van der Waals surface area contributed by atoms with Gasteiger partial charge in [-0.25, -0.2) is 0 Å². The number of benzene rings is 1. The van der Waals surface area contributed by atoms with Gasteiger partial charge in [0.05, 0.1) is 8.81 Å². The second-order valence-electron chi connectivity index (χ2n) is 3.90. The molecular formula is C13H12BrCl2NOS. The summed E-state index contributed by atoms with van der Waals surface area (Å²) >= 11 is 17.3. The van der Waals surface area contributed by atoms with E-state index in [0.29, 0.717) is 28.9 Å². The topological polar surface area (TPSA) is 21.3 Å². The van der Waals surface area contributed by atoms with Crippen LogP contribution in [0.1, 0.15) is 10.4 Å². The van der Waals surface area contributed by atoms with Gasteiger partial charge in [0, 0.05) is 22.0 Å². The number of hydrogen-bond acceptors (Lipinski definition) is 3. The molecule has 19 heavy (non-hydrogen) atoms. The highest BCUT2D eigenvalue weighted by Crippen LogP contribution is 2.33. The number of ether oxygens (including phenoxy) is 1. The summed E-state index contributed by atoms with van der Waals surface area (Å²) in [4.78, 5) is 1.13. The molecular weight excluding hydrogens is 369 g/mol. The van der Waals surface area contributed by atoms with Gasteiger partial charge < -0.3 is 10.1 Å². The highest BCUT2D eigenvalue weighted by atomic mass is 79.9. The molecule has 0 unspecified atom stereocenters. The molecule has 1 heterocycles. The van der Waals surface area contributed by atoms with Crippen molar-refractivity contribution in [1.82, 2.24) is 5.32 Å². The van der Waals surface area contributed by atoms with Gasteiger partial charge in [-0.15, -0.1) is 11.3 Å². The Labute approximate surface area is 134 Å². The van der Waals surface area contributed by atoms with Crippen LogP contribution in [0.2, 0.25) is 10.0 Å². The van der Waals surface area contributed by atoms with Crippen LogP contribution in [0.5, 0.6) is 5.75 Å². The Morgan fingerprint density at radius 1 is 1.32 bits per heavy atom. The van der Waals surface area contributed by atoms with E-state index >= 15 is 0 Å². The van der Waals surface area contributed by atoms with Crippen molar-refractivity contribution < 1.29 is 4.74 Å². The third-order valence-electron chi connectivity index (χ3n) is 2.44. The Morgan fingerprint density at radius 3 is 2.74 bits per heavy atom. The van der Waals surface area contributed by atoms with Crippen LogP contribution in [-0.2, 0) is 13.2 Å². The molecule has 0 aliphatic carbocycles. The Balaban J connectivity index is 2.18. The Hall–Kier alpha value is -0.260. The third kappa shape index (κ3) is 4.10. The molecule has 0 saturated heterocycles. The van der Waals surface area contributed by atoms with Crippen molar-refractivity contribution >= 4 is 50.5 Å². The van der Waals surface area contributed by atoms with Gasteiger partial charge in [-0.3, -0.25) is 0 Å². The van der Waals surface area contributed by atoms with Crippen molar-refractivity contribution in [2.75, 3.05) is 7.05 Å². The summed E-state index contributed by atoms with van der Waals surface area (Å²) in [6, 6.07) is 7.59. The zero-order chi connectivity index (χ0) is 13.8. The van der Waals surface area contributed by atoms with Crippen molar-refractivity contribution in [3.05, 3.63) is 48.5 Å². The maximum absolute atomic E-state index is 6.20. The summed E-state index contributed by atoms with van der Waals surface area (Å²) < 4.78 is 6.92. The molecule has 6 heteroatoms. The number of hydrogen-bond donors (Lipinski definition) is 1. The minimum Gasteiger partial charge on any atom is -0.486 e. The maximum atomic E-state index is 6.20. The summed E-state index contributed by atoms with van der Waals surface area (Å²) in [7, 11) is 1.87. The lowest BCUT2D eigenvalue weighted by molar-refractivity contribution is 0.306. The van der Waals surface area contributed by atoms with Crippen LogP contribution in [0.4, 0.5) is 0 Å². The molecule has 1 aromatic heterocycles. The largest absolute Gasteiger partial charge is 0.486 e. The van der Waals surface area contributed by atoms with Gasteiger partial charge in [-0.2, -0.15) is 0 Å². The molecule has 102 valence electrons. The molecule has 0 aliphatic heterocycles. The first-order chi connectivity index (χ1) is 9.10. The number of thiophene rings is 1. The van der Waals surface area contributed by atoms with E-state index in [0.717, 1.165) is 14.2 Å². The molecule has 0 aliphatic rings. The molecule has 0 fully saturated rings. The Bertz CT molecular complexity index is 574. The average Bonchev–Trinajstić information content (AvgIpc) is 2.74. The summed E-state index contributed by atoms with van der Waals surface area (Å²) in [6.07, 6.45) is 0. The van der Waals surface area contributed by atoms with Crippen molar-refractivity contribution in [3.8, 4) is 5.75 Å². The third-order valence-corrected chi connectivity index (χ3v) is 4.54. The van der Waals surface area contributed by atoms with E-state index in [1.807, 2.05) is 25.2 Å². The van der Waals surface area contributed by atoms with E-state index in [-0.39, 0.29) is 0 Å². The van der Waals surface area contributed by atoms with Crippen molar-refractivity contribution in [1.29, 1.82) is 0 Å².